The predicted octanol–water partition coefficient (Wildman–Crippen LogP) is 4.17. The molecule has 0 aromatic rings. The van der Waals surface area contributed by atoms with Crippen LogP contribution in [-0.2, 0) is 4.79 Å². The number of hydrogen-bond acceptors (Lipinski definition) is 2. The number of hydrogen-bond donors (Lipinski definition) is 1. The van der Waals surface area contributed by atoms with Crippen LogP contribution in [0.5, 0.6) is 0 Å². The highest BCUT2D eigenvalue weighted by atomic mass is 16.4. The quantitative estimate of drug-likeness (QED) is 0.774. The summed E-state index contributed by atoms with van der Waals surface area (Å²) in [5.41, 5.74) is 0. The summed E-state index contributed by atoms with van der Waals surface area (Å²) in [5, 5.41) is 8.79. The Morgan fingerprint density at radius 2 is 1.81 bits per heavy atom. The van der Waals surface area contributed by atoms with Crippen LogP contribution >= 0.6 is 0 Å². The zero-order valence-electron chi connectivity index (χ0n) is 13.9. The van der Waals surface area contributed by atoms with E-state index in [-0.39, 0.29) is 0 Å². The average Bonchev–Trinajstić information content (AvgIpc) is 2.71. The van der Waals surface area contributed by atoms with Crippen molar-refractivity contribution in [2.45, 2.75) is 77.7 Å². The van der Waals surface area contributed by atoms with Crippen molar-refractivity contribution in [3.05, 3.63) is 0 Å². The fraction of sp³-hybridized carbons (Fsp3) is 0.944. The van der Waals surface area contributed by atoms with Crippen molar-refractivity contribution >= 4 is 5.97 Å². The minimum Gasteiger partial charge on any atom is -0.481 e. The van der Waals surface area contributed by atoms with Crippen molar-refractivity contribution in [1.29, 1.82) is 0 Å². The van der Waals surface area contributed by atoms with Gasteiger partial charge in [0.2, 0.25) is 0 Å². The van der Waals surface area contributed by atoms with Gasteiger partial charge in [-0.1, -0.05) is 26.7 Å². The Morgan fingerprint density at radius 1 is 1.10 bits per heavy atom. The summed E-state index contributed by atoms with van der Waals surface area (Å²) in [5.74, 6) is 1.78. The molecule has 2 unspecified atom stereocenters. The maximum atomic E-state index is 10.7. The topological polar surface area (TPSA) is 40.5 Å². The van der Waals surface area contributed by atoms with Gasteiger partial charge in [-0.05, 0) is 69.4 Å². The summed E-state index contributed by atoms with van der Waals surface area (Å²) in [6, 6.07) is 0.800. The summed E-state index contributed by atoms with van der Waals surface area (Å²) < 4.78 is 0. The van der Waals surface area contributed by atoms with Crippen LogP contribution in [-0.4, -0.2) is 35.1 Å². The number of piperidine rings is 1. The molecule has 2 rings (SSSR count). The average molecular weight is 295 g/mol. The van der Waals surface area contributed by atoms with E-state index in [9.17, 15) is 4.79 Å². The van der Waals surface area contributed by atoms with Crippen LogP contribution in [0.15, 0.2) is 0 Å². The number of rotatable bonds is 5. The zero-order chi connectivity index (χ0) is 15.2. The van der Waals surface area contributed by atoms with Crippen LogP contribution in [0.2, 0.25) is 0 Å². The lowest BCUT2D eigenvalue weighted by Crippen LogP contribution is -2.41. The molecule has 0 aromatic heterocycles. The minimum atomic E-state index is -0.638. The van der Waals surface area contributed by atoms with E-state index < -0.39 is 5.97 Å². The van der Waals surface area contributed by atoms with Crippen LogP contribution in [0.3, 0.4) is 0 Å². The first-order valence-electron chi connectivity index (χ1n) is 9.02. The molecule has 1 aliphatic carbocycles. The van der Waals surface area contributed by atoms with Gasteiger partial charge in [0, 0.05) is 12.5 Å². The Kier molecular flexibility index (Phi) is 6.53. The molecule has 0 aromatic carbocycles. The molecular weight excluding hydrogens is 262 g/mol. The van der Waals surface area contributed by atoms with Gasteiger partial charge in [0.25, 0.3) is 0 Å². The number of carboxylic acid groups (broad SMARTS) is 1. The largest absolute Gasteiger partial charge is 0.481 e. The third-order valence-electron chi connectivity index (χ3n) is 5.86. The summed E-state index contributed by atoms with van der Waals surface area (Å²) in [6.07, 6.45) is 10.6. The standard InChI is InChI=1S/C18H33NO2/c1-14(2)16-4-3-5-17(8-7-16)19-12-10-15(11-13-19)6-9-18(20)21/h14-17H,3-13H2,1-2H3,(H,20,21). The van der Waals surface area contributed by atoms with E-state index in [1.165, 1.54) is 58.0 Å². The summed E-state index contributed by atoms with van der Waals surface area (Å²) in [4.78, 5) is 13.4. The van der Waals surface area contributed by atoms with Gasteiger partial charge in [-0.25, -0.2) is 0 Å². The molecule has 2 aliphatic rings. The summed E-state index contributed by atoms with van der Waals surface area (Å²) in [7, 11) is 0. The van der Waals surface area contributed by atoms with Crippen molar-refractivity contribution in [3.63, 3.8) is 0 Å². The van der Waals surface area contributed by atoms with Gasteiger partial charge in [-0.15, -0.1) is 0 Å². The molecular formula is C18H33NO2. The second kappa shape index (κ2) is 8.17. The van der Waals surface area contributed by atoms with E-state index in [1.54, 1.807) is 0 Å². The molecule has 1 saturated carbocycles. The van der Waals surface area contributed by atoms with Crippen molar-refractivity contribution < 1.29 is 9.90 Å². The molecule has 2 atom stereocenters. The number of carbonyl (C=O) groups is 1. The van der Waals surface area contributed by atoms with Crippen LogP contribution in [0.25, 0.3) is 0 Å². The minimum absolute atomic E-state index is 0.351. The Balaban J connectivity index is 1.73. The Hall–Kier alpha value is -0.570. The Labute approximate surface area is 130 Å². The van der Waals surface area contributed by atoms with Crippen molar-refractivity contribution in [1.82, 2.24) is 4.90 Å². The third kappa shape index (κ3) is 5.28. The maximum Gasteiger partial charge on any atom is 0.303 e. The fourth-order valence-electron chi connectivity index (χ4n) is 4.28. The first-order valence-corrected chi connectivity index (χ1v) is 9.02. The predicted molar refractivity (Wildman–Crippen MR) is 86.4 cm³/mol. The van der Waals surface area contributed by atoms with Crippen LogP contribution in [0, 0.1) is 17.8 Å². The highest BCUT2D eigenvalue weighted by molar-refractivity contribution is 5.66. The lowest BCUT2D eigenvalue weighted by molar-refractivity contribution is -0.137. The second-order valence-electron chi connectivity index (χ2n) is 7.58. The normalized spacial score (nSPS) is 29.5. The number of nitrogens with zero attached hydrogens (tertiary/aromatic N) is 1. The van der Waals surface area contributed by atoms with E-state index in [0.29, 0.717) is 12.3 Å². The molecule has 0 radical (unpaired) electrons. The monoisotopic (exact) mass is 295 g/mol. The van der Waals surface area contributed by atoms with Gasteiger partial charge in [-0.2, -0.15) is 0 Å². The van der Waals surface area contributed by atoms with Crippen molar-refractivity contribution in [2.24, 2.45) is 17.8 Å². The summed E-state index contributed by atoms with van der Waals surface area (Å²) in [6.45, 7) is 7.14. The van der Waals surface area contributed by atoms with E-state index in [0.717, 1.165) is 24.3 Å². The molecule has 1 heterocycles. The maximum absolute atomic E-state index is 10.7. The van der Waals surface area contributed by atoms with Gasteiger partial charge >= 0.3 is 5.97 Å². The van der Waals surface area contributed by atoms with Crippen LogP contribution in [0.4, 0.5) is 0 Å². The molecule has 1 saturated heterocycles. The van der Waals surface area contributed by atoms with Crippen molar-refractivity contribution in [2.75, 3.05) is 13.1 Å². The third-order valence-corrected chi connectivity index (χ3v) is 5.86. The van der Waals surface area contributed by atoms with Gasteiger partial charge < -0.3 is 10.0 Å². The molecule has 0 bridgehead atoms. The van der Waals surface area contributed by atoms with E-state index in [4.69, 9.17) is 5.11 Å². The molecule has 3 heteroatoms. The van der Waals surface area contributed by atoms with Crippen molar-refractivity contribution in [3.8, 4) is 0 Å². The molecule has 0 amide bonds. The number of carboxylic acids is 1. The highest BCUT2D eigenvalue weighted by Gasteiger charge is 2.28. The Bertz CT molecular complexity index is 321. The molecule has 2 fully saturated rings. The summed E-state index contributed by atoms with van der Waals surface area (Å²) >= 11 is 0. The van der Waals surface area contributed by atoms with Gasteiger partial charge in [0.05, 0.1) is 0 Å². The number of aliphatic carboxylic acids is 1. The van der Waals surface area contributed by atoms with E-state index in [1.807, 2.05) is 0 Å². The van der Waals surface area contributed by atoms with Crippen LogP contribution in [0.1, 0.15) is 71.6 Å². The molecule has 21 heavy (non-hydrogen) atoms. The van der Waals surface area contributed by atoms with Crippen LogP contribution < -0.4 is 0 Å². The fourth-order valence-corrected chi connectivity index (χ4v) is 4.28. The number of likely N-dealkylation sites (tertiary alicyclic amines) is 1. The first kappa shape index (κ1) is 16.8. The Morgan fingerprint density at radius 3 is 2.43 bits per heavy atom. The van der Waals surface area contributed by atoms with E-state index in [2.05, 4.69) is 18.7 Å². The molecule has 3 nitrogen and oxygen atoms in total. The van der Waals surface area contributed by atoms with E-state index >= 15 is 0 Å². The lowest BCUT2D eigenvalue weighted by Gasteiger charge is -2.37. The molecule has 1 N–H and O–H groups in total. The SMILES string of the molecule is CC(C)C1CCCC(N2CCC(CCC(=O)O)CC2)CC1. The van der Waals surface area contributed by atoms with Gasteiger partial charge in [-0.3, -0.25) is 4.79 Å². The first-order chi connectivity index (χ1) is 10.1. The second-order valence-corrected chi connectivity index (χ2v) is 7.58. The van der Waals surface area contributed by atoms with Gasteiger partial charge in [0.1, 0.15) is 0 Å². The zero-order valence-corrected chi connectivity index (χ0v) is 13.9. The molecule has 0 spiro atoms. The van der Waals surface area contributed by atoms with Gasteiger partial charge in [0.15, 0.2) is 0 Å². The lowest BCUT2D eigenvalue weighted by atomic mass is 9.88. The molecule has 122 valence electrons. The smallest absolute Gasteiger partial charge is 0.303 e. The molecule has 1 aliphatic heterocycles. The highest BCUT2D eigenvalue weighted by Crippen LogP contribution is 2.33.